The molecule has 0 spiro atoms. The van der Waals surface area contributed by atoms with E-state index in [1.54, 1.807) is 7.11 Å². The SMILES string of the molecule is CN=C(NCC(c1ccc(OC)cc1)N1CCCC1)NC1CCN(C(C)C)CC1. The van der Waals surface area contributed by atoms with Crippen LogP contribution in [0, 0.1) is 0 Å². The zero-order valence-corrected chi connectivity index (χ0v) is 18.7. The molecular formula is C23H39N5O. The molecule has 2 N–H and O–H groups in total. The second-order valence-electron chi connectivity index (χ2n) is 8.53. The van der Waals surface area contributed by atoms with Crippen LogP contribution in [0.25, 0.3) is 0 Å². The first-order valence-corrected chi connectivity index (χ1v) is 11.2. The Labute approximate surface area is 176 Å². The monoisotopic (exact) mass is 401 g/mol. The number of guanidine groups is 1. The van der Waals surface area contributed by atoms with E-state index in [0.29, 0.717) is 18.1 Å². The highest BCUT2D eigenvalue weighted by Crippen LogP contribution is 2.26. The Bertz CT molecular complexity index is 631. The van der Waals surface area contributed by atoms with E-state index in [-0.39, 0.29) is 0 Å². The van der Waals surface area contributed by atoms with Gasteiger partial charge in [-0.3, -0.25) is 9.89 Å². The van der Waals surface area contributed by atoms with Crippen molar-refractivity contribution in [1.29, 1.82) is 0 Å². The Morgan fingerprint density at radius 2 is 1.72 bits per heavy atom. The van der Waals surface area contributed by atoms with Gasteiger partial charge in [0.25, 0.3) is 0 Å². The number of piperidine rings is 1. The summed E-state index contributed by atoms with van der Waals surface area (Å²) >= 11 is 0. The molecular weight excluding hydrogens is 362 g/mol. The normalized spacial score (nSPS) is 20.8. The first kappa shape index (κ1) is 21.9. The Morgan fingerprint density at radius 1 is 1.07 bits per heavy atom. The molecule has 1 aromatic carbocycles. The van der Waals surface area contributed by atoms with Crippen LogP contribution in [0.3, 0.4) is 0 Å². The van der Waals surface area contributed by atoms with Gasteiger partial charge in [-0.25, -0.2) is 0 Å². The van der Waals surface area contributed by atoms with E-state index in [4.69, 9.17) is 4.74 Å². The van der Waals surface area contributed by atoms with Crippen LogP contribution in [-0.2, 0) is 0 Å². The molecule has 6 heteroatoms. The van der Waals surface area contributed by atoms with Crippen LogP contribution in [0.2, 0.25) is 0 Å². The van der Waals surface area contributed by atoms with Crippen molar-refractivity contribution in [3.8, 4) is 5.75 Å². The number of nitrogens with one attached hydrogen (secondary N) is 2. The van der Waals surface area contributed by atoms with Gasteiger partial charge in [-0.2, -0.15) is 0 Å². The van der Waals surface area contributed by atoms with E-state index in [9.17, 15) is 0 Å². The minimum Gasteiger partial charge on any atom is -0.497 e. The van der Waals surface area contributed by atoms with E-state index in [2.05, 4.69) is 63.5 Å². The molecule has 2 saturated heterocycles. The number of aliphatic imine (C=N–C) groups is 1. The molecule has 6 nitrogen and oxygen atoms in total. The molecule has 2 fully saturated rings. The van der Waals surface area contributed by atoms with Gasteiger partial charge >= 0.3 is 0 Å². The van der Waals surface area contributed by atoms with Gasteiger partial charge in [-0.1, -0.05) is 12.1 Å². The van der Waals surface area contributed by atoms with Crippen molar-refractivity contribution in [2.75, 3.05) is 46.9 Å². The quantitative estimate of drug-likeness (QED) is 0.544. The lowest BCUT2D eigenvalue weighted by Gasteiger charge is -2.35. The average molecular weight is 402 g/mol. The Hall–Kier alpha value is -1.79. The third kappa shape index (κ3) is 6.09. The predicted molar refractivity (Wildman–Crippen MR) is 121 cm³/mol. The van der Waals surface area contributed by atoms with Gasteiger partial charge in [0.05, 0.1) is 13.2 Å². The van der Waals surface area contributed by atoms with Gasteiger partial charge in [0, 0.05) is 38.8 Å². The fourth-order valence-corrected chi connectivity index (χ4v) is 4.48. The first-order valence-electron chi connectivity index (χ1n) is 11.2. The van der Waals surface area contributed by atoms with Crippen molar-refractivity contribution >= 4 is 5.96 Å². The van der Waals surface area contributed by atoms with E-state index in [1.165, 1.54) is 31.2 Å². The molecule has 0 aliphatic carbocycles. The summed E-state index contributed by atoms with van der Waals surface area (Å²) in [4.78, 5) is 9.64. The van der Waals surface area contributed by atoms with E-state index >= 15 is 0 Å². The first-order chi connectivity index (χ1) is 14.1. The summed E-state index contributed by atoms with van der Waals surface area (Å²) in [5, 5.41) is 7.26. The van der Waals surface area contributed by atoms with Crippen molar-refractivity contribution < 1.29 is 4.74 Å². The highest BCUT2D eigenvalue weighted by molar-refractivity contribution is 5.80. The topological polar surface area (TPSA) is 52.1 Å². The maximum Gasteiger partial charge on any atom is 0.191 e. The zero-order valence-electron chi connectivity index (χ0n) is 18.7. The minimum absolute atomic E-state index is 0.352. The largest absolute Gasteiger partial charge is 0.497 e. The summed E-state index contributed by atoms with van der Waals surface area (Å²) < 4.78 is 5.34. The Morgan fingerprint density at radius 3 is 2.28 bits per heavy atom. The number of hydrogen-bond donors (Lipinski definition) is 2. The maximum absolute atomic E-state index is 5.34. The number of methoxy groups -OCH3 is 1. The molecule has 29 heavy (non-hydrogen) atoms. The fourth-order valence-electron chi connectivity index (χ4n) is 4.48. The van der Waals surface area contributed by atoms with Crippen LogP contribution in [0.1, 0.15) is 51.1 Å². The molecule has 1 aromatic rings. The van der Waals surface area contributed by atoms with Gasteiger partial charge < -0.3 is 20.3 Å². The Kier molecular flexibility index (Phi) is 8.19. The van der Waals surface area contributed by atoms with Crippen LogP contribution < -0.4 is 15.4 Å². The van der Waals surface area contributed by atoms with Crippen molar-refractivity contribution in [2.24, 2.45) is 4.99 Å². The Balaban J connectivity index is 1.57. The number of nitrogens with zero attached hydrogens (tertiary/aromatic N) is 3. The van der Waals surface area contributed by atoms with Gasteiger partial charge in [0.15, 0.2) is 5.96 Å². The van der Waals surface area contributed by atoms with Crippen LogP contribution in [0.15, 0.2) is 29.3 Å². The summed E-state index contributed by atoms with van der Waals surface area (Å²) in [7, 11) is 3.59. The average Bonchev–Trinajstić information content (AvgIpc) is 3.28. The number of benzene rings is 1. The van der Waals surface area contributed by atoms with Gasteiger partial charge in [-0.05, 0) is 70.3 Å². The lowest BCUT2D eigenvalue weighted by Crippen LogP contribution is -2.50. The number of hydrogen-bond acceptors (Lipinski definition) is 4. The standard InChI is InChI=1S/C23H39N5O/c1-18(2)27-15-11-20(12-16-27)26-23(24-3)25-17-22(28-13-5-6-14-28)19-7-9-21(29-4)10-8-19/h7-10,18,20,22H,5-6,11-17H2,1-4H3,(H2,24,25,26). The number of rotatable bonds is 7. The summed E-state index contributed by atoms with van der Waals surface area (Å²) in [6.07, 6.45) is 4.92. The third-order valence-electron chi connectivity index (χ3n) is 6.37. The third-order valence-corrected chi connectivity index (χ3v) is 6.37. The van der Waals surface area contributed by atoms with Crippen molar-refractivity contribution in [1.82, 2.24) is 20.4 Å². The van der Waals surface area contributed by atoms with Crippen molar-refractivity contribution in [3.63, 3.8) is 0 Å². The highest BCUT2D eigenvalue weighted by Gasteiger charge is 2.25. The second kappa shape index (κ2) is 10.8. The maximum atomic E-state index is 5.34. The van der Waals surface area contributed by atoms with Crippen LogP contribution in [0.4, 0.5) is 0 Å². The van der Waals surface area contributed by atoms with Crippen LogP contribution in [-0.4, -0.2) is 74.7 Å². The van der Waals surface area contributed by atoms with E-state index in [0.717, 1.165) is 44.4 Å². The molecule has 2 aliphatic heterocycles. The van der Waals surface area contributed by atoms with Gasteiger partial charge in [0.2, 0.25) is 0 Å². The lowest BCUT2D eigenvalue weighted by atomic mass is 10.0. The summed E-state index contributed by atoms with van der Waals surface area (Å²) in [5.74, 6) is 1.83. The lowest BCUT2D eigenvalue weighted by molar-refractivity contribution is 0.167. The summed E-state index contributed by atoms with van der Waals surface area (Å²) in [5.41, 5.74) is 1.33. The summed E-state index contributed by atoms with van der Waals surface area (Å²) in [6.45, 7) is 10.1. The minimum atomic E-state index is 0.352. The van der Waals surface area contributed by atoms with Gasteiger partial charge in [-0.15, -0.1) is 0 Å². The predicted octanol–water partition coefficient (Wildman–Crippen LogP) is 2.87. The molecule has 0 radical (unpaired) electrons. The van der Waals surface area contributed by atoms with E-state index in [1.807, 2.05) is 7.05 Å². The zero-order chi connectivity index (χ0) is 20.6. The second-order valence-corrected chi connectivity index (χ2v) is 8.53. The molecule has 1 unspecified atom stereocenters. The molecule has 162 valence electrons. The molecule has 0 aromatic heterocycles. The summed E-state index contributed by atoms with van der Waals surface area (Å²) in [6, 6.07) is 10.0. The molecule has 3 rings (SSSR count). The molecule has 0 amide bonds. The highest BCUT2D eigenvalue weighted by atomic mass is 16.5. The van der Waals surface area contributed by atoms with E-state index < -0.39 is 0 Å². The van der Waals surface area contributed by atoms with Crippen molar-refractivity contribution in [3.05, 3.63) is 29.8 Å². The number of likely N-dealkylation sites (tertiary alicyclic amines) is 2. The molecule has 0 bridgehead atoms. The van der Waals surface area contributed by atoms with Crippen molar-refractivity contribution in [2.45, 2.75) is 57.7 Å². The fraction of sp³-hybridized carbons (Fsp3) is 0.696. The molecule has 2 heterocycles. The molecule has 2 aliphatic rings. The molecule has 1 atom stereocenters. The van der Waals surface area contributed by atoms with Gasteiger partial charge in [0.1, 0.15) is 5.75 Å². The van der Waals surface area contributed by atoms with Crippen LogP contribution >= 0.6 is 0 Å². The smallest absolute Gasteiger partial charge is 0.191 e. The molecule has 0 saturated carbocycles. The van der Waals surface area contributed by atoms with Crippen LogP contribution in [0.5, 0.6) is 5.75 Å². The number of ether oxygens (including phenoxy) is 1.